The summed E-state index contributed by atoms with van der Waals surface area (Å²) >= 11 is 0. The van der Waals surface area contributed by atoms with Crippen LogP contribution in [0.3, 0.4) is 0 Å². The van der Waals surface area contributed by atoms with Gasteiger partial charge in [0, 0.05) is 13.1 Å². The lowest BCUT2D eigenvalue weighted by Crippen LogP contribution is -2.28. The number of anilines is 1. The second-order valence-corrected chi connectivity index (χ2v) is 5.49. The van der Waals surface area contributed by atoms with Gasteiger partial charge in [-0.25, -0.2) is 0 Å². The predicted octanol–water partition coefficient (Wildman–Crippen LogP) is 1.23. The maximum atomic E-state index is 11.8. The van der Waals surface area contributed by atoms with Crippen molar-refractivity contribution in [1.29, 1.82) is 0 Å². The molecule has 0 aliphatic rings. The molecule has 0 atom stereocenters. The minimum absolute atomic E-state index is 0.176. The molecule has 0 unspecified atom stereocenters. The first-order valence-corrected chi connectivity index (χ1v) is 6.99. The summed E-state index contributed by atoms with van der Waals surface area (Å²) in [6, 6.07) is 3.48. The molecule has 1 heterocycles. The first-order chi connectivity index (χ1) is 9.49. The summed E-state index contributed by atoms with van der Waals surface area (Å²) in [5.41, 5.74) is 0.351. The van der Waals surface area contributed by atoms with Crippen molar-refractivity contribution in [1.82, 2.24) is 20.4 Å². The summed E-state index contributed by atoms with van der Waals surface area (Å²) < 4.78 is 0. The van der Waals surface area contributed by atoms with Crippen LogP contribution in [-0.2, 0) is 0 Å². The molecule has 0 saturated carbocycles. The smallest absolute Gasteiger partial charge is 0.271 e. The number of amides is 1. The van der Waals surface area contributed by atoms with Gasteiger partial charge in [0.1, 0.15) is 5.82 Å². The normalized spacial score (nSPS) is 10.9. The Morgan fingerprint density at radius 3 is 2.60 bits per heavy atom. The number of carbonyl (C=O) groups excluding carboxylic acids is 1. The lowest BCUT2D eigenvalue weighted by Gasteiger charge is -2.10. The third-order valence-electron chi connectivity index (χ3n) is 2.66. The van der Waals surface area contributed by atoms with Crippen LogP contribution in [0.1, 0.15) is 30.8 Å². The zero-order valence-corrected chi connectivity index (χ0v) is 12.8. The summed E-state index contributed by atoms with van der Waals surface area (Å²) in [7, 11) is 4.09. The van der Waals surface area contributed by atoms with Gasteiger partial charge in [-0.1, -0.05) is 13.8 Å². The Hall–Kier alpha value is -1.69. The van der Waals surface area contributed by atoms with Gasteiger partial charge in [-0.3, -0.25) is 4.79 Å². The van der Waals surface area contributed by atoms with Crippen LogP contribution in [0.4, 0.5) is 5.82 Å². The Bertz CT molecular complexity index is 403. The first-order valence-electron chi connectivity index (χ1n) is 6.99. The molecule has 0 aromatic carbocycles. The van der Waals surface area contributed by atoms with E-state index in [1.165, 1.54) is 0 Å². The predicted molar refractivity (Wildman–Crippen MR) is 80.9 cm³/mol. The van der Waals surface area contributed by atoms with E-state index in [0.717, 1.165) is 19.5 Å². The van der Waals surface area contributed by atoms with Gasteiger partial charge in [-0.05, 0) is 45.1 Å². The monoisotopic (exact) mass is 279 g/mol. The van der Waals surface area contributed by atoms with Crippen LogP contribution in [0.15, 0.2) is 12.1 Å². The van der Waals surface area contributed by atoms with E-state index >= 15 is 0 Å². The molecule has 1 amide bonds. The van der Waals surface area contributed by atoms with Gasteiger partial charge in [0.2, 0.25) is 0 Å². The summed E-state index contributed by atoms with van der Waals surface area (Å²) in [6.07, 6.45) is 1.03. The second-order valence-electron chi connectivity index (χ2n) is 5.49. The van der Waals surface area contributed by atoms with E-state index < -0.39 is 0 Å². The van der Waals surface area contributed by atoms with E-state index in [1.54, 1.807) is 12.1 Å². The highest BCUT2D eigenvalue weighted by atomic mass is 16.1. The molecule has 1 aromatic rings. The highest BCUT2D eigenvalue weighted by molar-refractivity contribution is 5.92. The maximum absolute atomic E-state index is 11.8. The molecule has 0 aliphatic heterocycles. The molecule has 0 spiro atoms. The molecular formula is C14H25N5O. The zero-order chi connectivity index (χ0) is 15.0. The van der Waals surface area contributed by atoms with Crippen molar-refractivity contribution in [2.45, 2.75) is 20.3 Å². The lowest BCUT2D eigenvalue weighted by atomic mass is 10.2. The molecule has 0 radical (unpaired) electrons. The number of aromatic nitrogens is 2. The SMILES string of the molecule is CC(C)CNC(=O)c1ccc(NCCCN(C)C)nn1. The molecular weight excluding hydrogens is 254 g/mol. The van der Waals surface area contributed by atoms with E-state index in [1.807, 2.05) is 27.9 Å². The van der Waals surface area contributed by atoms with Gasteiger partial charge in [0.05, 0.1) is 0 Å². The molecule has 0 saturated heterocycles. The van der Waals surface area contributed by atoms with Crippen LogP contribution in [0.5, 0.6) is 0 Å². The van der Waals surface area contributed by atoms with Crippen molar-refractivity contribution < 1.29 is 4.79 Å². The number of hydrogen-bond acceptors (Lipinski definition) is 5. The first kappa shape index (κ1) is 16.4. The summed E-state index contributed by atoms with van der Waals surface area (Å²) in [4.78, 5) is 13.9. The zero-order valence-electron chi connectivity index (χ0n) is 12.8. The molecule has 2 N–H and O–H groups in total. The number of carbonyl (C=O) groups is 1. The standard InChI is InChI=1S/C14H25N5O/c1-11(2)10-16-14(20)12-6-7-13(18-17-12)15-8-5-9-19(3)4/h6-7,11H,5,8-10H2,1-4H3,(H,15,18)(H,16,20). The lowest BCUT2D eigenvalue weighted by molar-refractivity contribution is 0.0943. The Morgan fingerprint density at radius 2 is 2.05 bits per heavy atom. The molecule has 6 nitrogen and oxygen atoms in total. The quantitative estimate of drug-likeness (QED) is 0.700. The van der Waals surface area contributed by atoms with E-state index in [9.17, 15) is 4.79 Å². The van der Waals surface area contributed by atoms with Crippen LogP contribution >= 0.6 is 0 Å². The van der Waals surface area contributed by atoms with Crippen LogP contribution < -0.4 is 10.6 Å². The van der Waals surface area contributed by atoms with Crippen molar-refractivity contribution in [2.75, 3.05) is 39.0 Å². The minimum atomic E-state index is -0.176. The topological polar surface area (TPSA) is 70.2 Å². The van der Waals surface area contributed by atoms with Gasteiger partial charge in [0.15, 0.2) is 5.69 Å². The Morgan fingerprint density at radius 1 is 1.30 bits per heavy atom. The number of hydrogen-bond donors (Lipinski definition) is 2. The fourth-order valence-electron chi connectivity index (χ4n) is 1.55. The third-order valence-corrected chi connectivity index (χ3v) is 2.66. The average Bonchev–Trinajstić information content (AvgIpc) is 2.41. The highest BCUT2D eigenvalue weighted by Crippen LogP contribution is 2.02. The van der Waals surface area contributed by atoms with Gasteiger partial charge < -0.3 is 15.5 Å². The van der Waals surface area contributed by atoms with E-state index in [2.05, 4.69) is 25.7 Å². The summed E-state index contributed by atoms with van der Waals surface area (Å²) in [6.45, 7) is 6.60. The summed E-state index contributed by atoms with van der Waals surface area (Å²) in [5, 5.41) is 13.9. The van der Waals surface area contributed by atoms with Crippen molar-refractivity contribution >= 4 is 11.7 Å². The van der Waals surface area contributed by atoms with Crippen LogP contribution in [0, 0.1) is 5.92 Å². The van der Waals surface area contributed by atoms with Crippen molar-refractivity contribution in [3.63, 3.8) is 0 Å². The fraction of sp³-hybridized carbons (Fsp3) is 0.643. The Labute approximate surface area is 121 Å². The average molecular weight is 279 g/mol. The third kappa shape index (κ3) is 6.47. The molecule has 112 valence electrons. The number of nitrogens with one attached hydrogen (secondary N) is 2. The van der Waals surface area contributed by atoms with E-state index in [0.29, 0.717) is 24.0 Å². The van der Waals surface area contributed by atoms with Crippen LogP contribution in [0.2, 0.25) is 0 Å². The van der Waals surface area contributed by atoms with Crippen molar-refractivity contribution in [2.24, 2.45) is 5.92 Å². The fourth-order valence-corrected chi connectivity index (χ4v) is 1.55. The van der Waals surface area contributed by atoms with Gasteiger partial charge in [-0.2, -0.15) is 0 Å². The van der Waals surface area contributed by atoms with E-state index in [4.69, 9.17) is 0 Å². The Balaban J connectivity index is 2.37. The molecule has 0 fully saturated rings. The van der Waals surface area contributed by atoms with Gasteiger partial charge >= 0.3 is 0 Å². The number of nitrogens with zero attached hydrogens (tertiary/aromatic N) is 3. The molecule has 20 heavy (non-hydrogen) atoms. The van der Waals surface area contributed by atoms with E-state index in [-0.39, 0.29) is 5.91 Å². The molecule has 6 heteroatoms. The molecule has 0 bridgehead atoms. The Kier molecular flexibility index (Phi) is 6.93. The maximum Gasteiger partial charge on any atom is 0.271 e. The van der Waals surface area contributed by atoms with Crippen LogP contribution in [-0.4, -0.2) is 54.7 Å². The van der Waals surface area contributed by atoms with Gasteiger partial charge in [-0.15, -0.1) is 10.2 Å². The van der Waals surface area contributed by atoms with Crippen LogP contribution in [0.25, 0.3) is 0 Å². The second kappa shape index (κ2) is 8.47. The van der Waals surface area contributed by atoms with Crippen molar-refractivity contribution in [3.05, 3.63) is 17.8 Å². The number of rotatable bonds is 8. The largest absolute Gasteiger partial charge is 0.369 e. The molecule has 1 rings (SSSR count). The van der Waals surface area contributed by atoms with Gasteiger partial charge in [0.25, 0.3) is 5.91 Å². The van der Waals surface area contributed by atoms with Crippen molar-refractivity contribution in [3.8, 4) is 0 Å². The summed E-state index contributed by atoms with van der Waals surface area (Å²) in [5.74, 6) is 0.944. The molecule has 0 aliphatic carbocycles. The highest BCUT2D eigenvalue weighted by Gasteiger charge is 2.08. The minimum Gasteiger partial charge on any atom is -0.369 e. The molecule has 1 aromatic heterocycles.